The maximum absolute atomic E-state index is 12.6. The summed E-state index contributed by atoms with van der Waals surface area (Å²) in [5.74, 6) is 0. The standard InChI is InChI=1S/C17H26O2S/c1-4-6-11-16(12-7-5-2)15(3)20(18,19)17-13-9-8-10-14-17/h8-10,13-14H,4-7,11-12H2,1-3H3. The van der Waals surface area contributed by atoms with E-state index in [4.69, 9.17) is 0 Å². The lowest BCUT2D eigenvalue weighted by molar-refractivity contribution is 0.600. The summed E-state index contributed by atoms with van der Waals surface area (Å²) >= 11 is 0. The second-order valence-electron chi connectivity index (χ2n) is 5.18. The van der Waals surface area contributed by atoms with Gasteiger partial charge in [-0.25, -0.2) is 8.42 Å². The van der Waals surface area contributed by atoms with Gasteiger partial charge in [0.15, 0.2) is 0 Å². The van der Waals surface area contributed by atoms with Crippen LogP contribution >= 0.6 is 0 Å². The van der Waals surface area contributed by atoms with Gasteiger partial charge in [-0.05, 0) is 44.7 Å². The lowest BCUT2D eigenvalue weighted by Crippen LogP contribution is -2.06. The summed E-state index contributed by atoms with van der Waals surface area (Å²) in [6.45, 7) is 6.04. The topological polar surface area (TPSA) is 34.1 Å². The van der Waals surface area contributed by atoms with Crippen molar-refractivity contribution in [3.63, 3.8) is 0 Å². The van der Waals surface area contributed by atoms with Crippen molar-refractivity contribution < 1.29 is 8.42 Å². The highest BCUT2D eigenvalue weighted by molar-refractivity contribution is 7.95. The van der Waals surface area contributed by atoms with E-state index in [2.05, 4.69) is 13.8 Å². The first-order valence-electron chi connectivity index (χ1n) is 7.52. The third-order valence-corrected chi connectivity index (χ3v) is 5.61. The molecule has 0 bridgehead atoms. The molecular formula is C17H26O2S. The maximum atomic E-state index is 12.6. The minimum atomic E-state index is -3.32. The highest BCUT2D eigenvalue weighted by atomic mass is 32.2. The Balaban J connectivity index is 3.12. The Morgan fingerprint density at radius 2 is 1.45 bits per heavy atom. The van der Waals surface area contributed by atoms with Crippen LogP contribution in [0.5, 0.6) is 0 Å². The van der Waals surface area contributed by atoms with Gasteiger partial charge in [-0.2, -0.15) is 0 Å². The first-order valence-corrected chi connectivity index (χ1v) is 9.01. The van der Waals surface area contributed by atoms with Crippen LogP contribution in [0.2, 0.25) is 0 Å². The minimum Gasteiger partial charge on any atom is -0.219 e. The van der Waals surface area contributed by atoms with Crippen LogP contribution in [0.4, 0.5) is 0 Å². The number of sulfone groups is 1. The van der Waals surface area contributed by atoms with Crippen LogP contribution in [-0.2, 0) is 9.84 Å². The molecule has 0 saturated carbocycles. The van der Waals surface area contributed by atoms with Crippen molar-refractivity contribution in [2.45, 2.75) is 64.2 Å². The molecule has 20 heavy (non-hydrogen) atoms. The van der Waals surface area contributed by atoms with E-state index < -0.39 is 9.84 Å². The molecule has 0 atom stereocenters. The van der Waals surface area contributed by atoms with Crippen molar-refractivity contribution >= 4 is 9.84 Å². The Bertz CT molecular complexity index is 517. The van der Waals surface area contributed by atoms with E-state index in [1.807, 2.05) is 6.07 Å². The number of benzene rings is 1. The molecule has 0 radical (unpaired) electrons. The molecule has 0 spiro atoms. The van der Waals surface area contributed by atoms with Crippen LogP contribution in [0.15, 0.2) is 45.7 Å². The fraction of sp³-hybridized carbons (Fsp3) is 0.529. The largest absolute Gasteiger partial charge is 0.219 e. The first-order chi connectivity index (χ1) is 9.54. The van der Waals surface area contributed by atoms with E-state index in [-0.39, 0.29) is 0 Å². The summed E-state index contributed by atoms with van der Waals surface area (Å²) in [5.41, 5.74) is 1.11. The number of unbranched alkanes of at least 4 members (excludes halogenated alkanes) is 2. The molecule has 112 valence electrons. The fourth-order valence-electron chi connectivity index (χ4n) is 2.22. The molecule has 0 aliphatic rings. The molecule has 0 fully saturated rings. The van der Waals surface area contributed by atoms with Gasteiger partial charge in [-0.15, -0.1) is 0 Å². The molecule has 0 unspecified atom stereocenters. The van der Waals surface area contributed by atoms with Crippen molar-refractivity contribution in [2.75, 3.05) is 0 Å². The number of allylic oxidation sites excluding steroid dienone is 2. The summed E-state index contributed by atoms with van der Waals surface area (Å²) in [5, 5.41) is 0. The predicted molar refractivity (Wildman–Crippen MR) is 85.4 cm³/mol. The van der Waals surface area contributed by atoms with E-state index in [1.165, 1.54) is 0 Å². The average molecular weight is 294 g/mol. The van der Waals surface area contributed by atoms with Gasteiger partial charge < -0.3 is 0 Å². The Kier molecular flexibility index (Phi) is 7.00. The molecule has 0 saturated heterocycles. The molecule has 1 aromatic carbocycles. The van der Waals surface area contributed by atoms with Crippen molar-refractivity contribution in [3.8, 4) is 0 Å². The quantitative estimate of drug-likeness (QED) is 0.667. The zero-order chi connectivity index (χ0) is 15.0. The van der Waals surface area contributed by atoms with Crippen molar-refractivity contribution in [1.29, 1.82) is 0 Å². The average Bonchev–Trinajstić information content (AvgIpc) is 2.47. The molecule has 1 aromatic rings. The summed E-state index contributed by atoms with van der Waals surface area (Å²) in [7, 11) is -3.32. The highest BCUT2D eigenvalue weighted by Gasteiger charge is 2.19. The molecule has 0 N–H and O–H groups in total. The molecule has 3 heteroatoms. The third kappa shape index (κ3) is 4.48. The maximum Gasteiger partial charge on any atom is 0.202 e. The van der Waals surface area contributed by atoms with Crippen LogP contribution < -0.4 is 0 Å². The van der Waals surface area contributed by atoms with Gasteiger partial charge >= 0.3 is 0 Å². The molecular weight excluding hydrogens is 268 g/mol. The first kappa shape index (κ1) is 17.0. The number of hydrogen-bond acceptors (Lipinski definition) is 2. The van der Waals surface area contributed by atoms with E-state index in [9.17, 15) is 8.42 Å². The molecule has 0 aliphatic carbocycles. The lowest BCUT2D eigenvalue weighted by atomic mass is 10.0. The summed E-state index contributed by atoms with van der Waals surface area (Å²) in [6, 6.07) is 8.75. The highest BCUT2D eigenvalue weighted by Crippen LogP contribution is 2.27. The Labute approximate surface area is 123 Å². The smallest absolute Gasteiger partial charge is 0.202 e. The minimum absolute atomic E-state index is 0.406. The SMILES string of the molecule is CCCCC(CCCC)=C(C)S(=O)(=O)c1ccccc1. The molecule has 0 heterocycles. The third-order valence-electron chi connectivity index (χ3n) is 3.62. The van der Waals surface area contributed by atoms with Crippen molar-refractivity contribution in [1.82, 2.24) is 0 Å². The van der Waals surface area contributed by atoms with Crippen LogP contribution in [0, 0.1) is 0 Å². The fourth-order valence-corrected chi connectivity index (χ4v) is 3.68. The van der Waals surface area contributed by atoms with Gasteiger partial charge in [0, 0.05) is 4.91 Å². The molecule has 1 rings (SSSR count). The zero-order valence-corrected chi connectivity index (χ0v) is 13.7. The molecule has 2 nitrogen and oxygen atoms in total. The monoisotopic (exact) mass is 294 g/mol. The lowest BCUT2D eigenvalue weighted by Gasteiger charge is -2.13. The Morgan fingerprint density at radius 1 is 0.950 bits per heavy atom. The van der Waals surface area contributed by atoms with E-state index >= 15 is 0 Å². The van der Waals surface area contributed by atoms with Crippen LogP contribution in [0.1, 0.15) is 59.3 Å². The molecule has 0 aromatic heterocycles. The molecule has 0 aliphatic heterocycles. The second kappa shape index (κ2) is 8.25. The summed E-state index contributed by atoms with van der Waals surface area (Å²) in [4.78, 5) is 0.966. The Morgan fingerprint density at radius 3 is 1.90 bits per heavy atom. The van der Waals surface area contributed by atoms with Gasteiger partial charge in [0.2, 0.25) is 9.84 Å². The number of hydrogen-bond donors (Lipinski definition) is 0. The summed E-state index contributed by atoms with van der Waals surface area (Å²) in [6.07, 6.45) is 6.09. The van der Waals surface area contributed by atoms with Gasteiger partial charge in [0.25, 0.3) is 0 Å². The van der Waals surface area contributed by atoms with Crippen LogP contribution in [-0.4, -0.2) is 8.42 Å². The predicted octanol–water partition coefficient (Wildman–Crippen LogP) is 5.11. The van der Waals surface area contributed by atoms with Gasteiger partial charge in [0.1, 0.15) is 0 Å². The molecule has 0 amide bonds. The van der Waals surface area contributed by atoms with Gasteiger partial charge in [0.05, 0.1) is 4.90 Å². The van der Waals surface area contributed by atoms with E-state index in [0.29, 0.717) is 9.80 Å². The van der Waals surface area contributed by atoms with E-state index in [1.54, 1.807) is 31.2 Å². The van der Waals surface area contributed by atoms with Crippen molar-refractivity contribution in [2.24, 2.45) is 0 Å². The van der Waals surface area contributed by atoms with Gasteiger partial charge in [-0.1, -0.05) is 50.5 Å². The van der Waals surface area contributed by atoms with E-state index in [0.717, 1.165) is 44.1 Å². The van der Waals surface area contributed by atoms with Gasteiger partial charge in [-0.3, -0.25) is 0 Å². The normalized spacial score (nSPS) is 11.3. The summed E-state index contributed by atoms with van der Waals surface area (Å²) < 4.78 is 25.3. The second-order valence-corrected chi connectivity index (χ2v) is 7.27. The van der Waals surface area contributed by atoms with Crippen LogP contribution in [0.3, 0.4) is 0 Å². The Hall–Kier alpha value is -1.09. The van der Waals surface area contributed by atoms with Crippen molar-refractivity contribution in [3.05, 3.63) is 40.8 Å². The van der Waals surface area contributed by atoms with Crippen LogP contribution in [0.25, 0.3) is 0 Å². The zero-order valence-electron chi connectivity index (χ0n) is 12.9. The number of rotatable bonds is 8.